The molecule has 37 heavy (non-hydrogen) atoms. The van der Waals surface area contributed by atoms with E-state index in [1.54, 1.807) is 12.1 Å². The molecule has 7 rings (SSSR count). The lowest BCUT2D eigenvalue weighted by molar-refractivity contribution is -0.141. The van der Waals surface area contributed by atoms with Gasteiger partial charge in [-0.15, -0.1) is 0 Å². The highest BCUT2D eigenvalue weighted by molar-refractivity contribution is 6.07. The molecule has 0 radical (unpaired) electrons. The summed E-state index contributed by atoms with van der Waals surface area (Å²) in [6.07, 6.45) is 0.970. The molecule has 4 aliphatic rings. The molecule has 3 aromatic rings. The molecule has 5 nitrogen and oxygen atoms in total. The van der Waals surface area contributed by atoms with Crippen LogP contribution in [0.2, 0.25) is 0 Å². The van der Waals surface area contributed by atoms with Crippen LogP contribution in [0.4, 0.5) is 0 Å². The maximum absolute atomic E-state index is 13.6. The number of benzene rings is 3. The lowest BCUT2D eigenvalue weighted by Gasteiger charge is -2.45. The molecular weight excluding hydrogens is 462 g/mol. The highest BCUT2D eigenvalue weighted by Gasteiger charge is 2.61. The van der Waals surface area contributed by atoms with Crippen molar-refractivity contribution in [3.05, 3.63) is 101 Å². The first kappa shape index (κ1) is 23.7. The van der Waals surface area contributed by atoms with E-state index in [-0.39, 0.29) is 42.0 Å². The van der Waals surface area contributed by atoms with Gasteiger partial charge in [0.25, 0.3) is 0 Å². The molecule has 1 saturated heterocycles. The van der Waals surface area contributed by atoms with Crippen molar-refractivity contribution in [1.29, 1.82) is 0 Å². The fourth-order valence-corrected chi connectivity index (χ4v) is 6.52. The SMILES string of the molecule is CCC(C)(C)c1ccc(OC(=O)CCN2C(=O)[C@@H]3C4c5ccccc5C(c5ccccc54)[C@H]3C2=O)cc1. The lowest BCUT2D eigenvalue weighted by Crippen LogP contribution is -2.41. The van der Waals surface area contributed by atoms with Gasteiger partial charge in [0.1, 0.15) is 5.75 Å². The molecule has 3 aliphatic carbocycles. The first-order valence-corrected chi connectivity index (χ1v) is 13.2. The zero-order valence-electron chi connectivity index (χ0n) is 21.4. The Balaban J connectivity index is 1.19. The van der Waals surface area contributed by atoms with Crippen LogP contribution in [0.15, 0.2) is 72.8 Å². The topological polar surface area (TPSA) is 63.7 Å². The van der Waals surface area contributed by atoms with E-state index in [1.165, 1.54) is 10.5 Å². The third-order valence-corrected chi connectivity index (χ3v) is 8.83. The second kappa shape index (κ2) is 8.69. The Labute approximate surface area is 217 Å². The fourth-order valence-electron chi connectivity index (χ4n) is 6.52. The number of rotatable bonds is 6. The molecule has 1 fully saturated rings. The van der Waals surface area contributed by atoms with Gasteiger partial charge < -0.3 is 4.74 Å². The van der Waals surface area contributed by atoms with Crippen LogP contribution in [-0.4, -0.2) is 29.2 Å². The molecule has 1 aliphatic heterocycles. The third kappa shape index (κ3) is 3.63. The standard InChI is InChI=1S/C32H31NO4/c1-4-32(2,3)19-13-15-20(16-14-19)37-25(34)17-18-33-30(35)28-26-21-9-5-6-10-22(21)27(29(28)31(33)36)24-12-8-7-11-23(24)26/h5-16,26-29H,4,17-18H2,1-3H3/t26?,27?,28-,29-/m1/s1. The summed E-state index contributed by atoms with van der Waals surface area (Å²) < 4.78 is 5.53. The molecular formula is C32H31NO4. The summed E-state index contributed by atoms with van der Waals surface area (Å²) in [6, 6.07) is 23.9. The molecule has 2 bridgehead atoms. The van der Waals surface area contributed by atoms with Gasteiger partial charge >= 0.3 is 5.97 Å². The van der Waals surface area contributed by atoms with Gasteiger partial charge in [0.2, 0.25) is 11.8 Å². The highest BCUT2D eigenvalue weighted by Crippen LogP contribution is 2.60. The van der Waals surface area contributed by atoms with E-state index >= 15 is 0 Å². The van der Waals surface area contributed by atoms with Crippen LogP contribution < -0.4 is 4.74 Å². The van der Waals surface area contributed by atoms with Crippen LogP contribution in [-0.2, 0) is 19.8 Å². The second-order valence-electron chi connectivity index (χ2n) is 11.1. The Morgan fingerprint density at radius 2 is 1.24 bits per heavy atom. The monoisotopic (exact) mass is 493 g/mol. The number of nitrogens with zero attached hydrogens (tertiary/aromatic N) is 1. The molecule has 2 amide bonds. The number of imide groups is 1. The predicted molar refractivity (Wildman–Crippen MR) is 140 cm³/mol. The Hall–Kier alpha value is -3.73. The van der Waals surface area contributed by atoms with Crippen LogP contribution >= 0.6 is 0 Å². The maximum Gasteiger partial charge on any atom is 0.312 e. The largest absolute Gasteiger partial charge is 0.426 e. The van der Waals surface area contributed by atoms with Gasteiger partial charge in [-0.3, -0.25) is 19.3 Å². The summed E-state index contributed by atoms with van der Waals surface area (Å²) in [5.74, 6) is -1.45. The van der Waals surface area contributed by atoms with Crippen molar-refractivity contribution >= 4 is 17.8 Å². The number of likely N-dealkylation sites (tertiary alicyclic amines) is 1. The van der Waals surface area contributed by atoms with Crippen molar-refractivity contribution < 1.29 is 19.1 Å². The Kier molecular flexibility index (Phi) is 5.55. The minimum absolute atomic E-state index is 0.0334. The molecule has 2 atom stereocenters. The molecule has 0 spiro atoms. The van der Waals surface area contributed by atoms with Gasteiger partial charge in [-0.2, -0.15) is 0 Å². The molecule has 5 heteroatoms. The zero-order valence-corrected chi connectivity index (χ0v) is 21.4. The van der Waals surface area contributed by atoms with Crippen LogP contribution in [0.25, 0.3) is 0 Å². The van der Waals surface area contributed by atoms with Gasteiger partial charge in [-0.05, 0) is 51.8 Å². The molecule has 0 unspecified atom stereocenters. The van der Waals surface area contributed by atoms with Gasteiger partial charge in [0.15, 0.2) is 0 Å². The average Bonchev–Trinajstić information content (AvgIpc) is 3.17. The second-order valence-corrected chi connectivity index (χ2v) is 11.1. The number of esters is 1. The van der Waals surface area contributed by atoms with Crippen molar-refractivity contribution in [3.8, 4) is 5.75 Å². The minimum atomic E-state index is -0.451. The molecule has 188 valence electrons. The molecule has 0 aromatic heterocycles. The van der Waals surface area contributed by atoms with Gasteiger partial charge in [-0.1, -0.05) is 81.4 Å². The first-order valence-electron chi connectivity index (χ1n) is 13.2. The molecule has 3 aromatic carbocycles. The van der Waals surface area contributed by atoms with Crippen LogP contribution in [0.1, 0.15) is 73.3 Å². The van der Waals surface area contributed by atoms with Gasteiger partial charge in [-0.25, -0.2) is 0 Å². The van der Waals surface area contributed by atoms with E-state index in [1.807, 2.05) is 36.4 Å². The number of amides is 2. The molecule has 0 N–H and O–H groups in total. The lowest BCUT2D eigenvalue weighted by atomic mass is 9.55. The van der Waals surface area contributed by atoms with Crippen LogP contribution in [0.5, 0.6) is 5.75 Å². The van der Waals surface area contributed by atoms with Gasteiger partial charge in [0.05, 0.1) is 18.3 Å². The summed E-state index contributed by atoms with van der Waals surface area (Å²) in [6.45, 7) is 6.54. The number of carbonyl (C=O) groups excluding carboxylic acids is 3. The number of carbonyl (C=O) groups is 3. The molecule has 1 heterocycles. The Morgan fingerprint density at radius 1 is 0.784 bits per heavy atom. The summed E-state index contributed by atoms with van der Waals surface area (Å²) in [5.41, 5.74) is 5.81. The van der Waals surface area contributed by atoms with E-state index in [4.69, 9.17) is 4.74 Å². The van der Waals surface area contributed by atoms with Crippen molar-refractivity contribution in [3.63, 3.8) is 0 Å². The predicted octanol–water partition coefficient (Wildman–Crippen LogP) is 5.56. The number of ether oxygens (including phenoxy) is 1. The zero-order chi connectivity index (χ0) is 25.9. The van der Waals surface area contributed by atoms with Crippen molar-refractivity contribution in [2.24, 2.45) is 11.8 Å². The summed E-state index contributed by atoms with van der Waals surface area (Å²) in [5, 5.41) is 0. The van der Waals surface area contributed by atoms with E-state index < -0.39 is 17.8 Å². The molecule has 0 saturated carbocycles. The van der Waals surface area contributed by atoms with Gasteiger partial charge in [0, 0.05) is 18.4 Å². The first-order chi connectivity index (χ1) is 17.8. The van der Waals surface area contributed by atoms with E-state index in [0.29, 0.717) is 5.75 Å². The van der Waals surface area contributed by atoms with E-state index in [0.717, 1.165) is 28.7 Å². The average molecular weight is 494 g/mol. The van der Waals surface area contributed by atoms with Crippen molar-refractivity contribution in [1.82, 2.24) is 4.90 Å². The number of hydrogen-bond acceptors (Lipinski definition) is 4. The van der Waals surface area contributed by atoms with Crippen LogP contribution in [0.3, 0.4) is 0 Å². The minimum Gasteiger partial charge on any atom is -0.426 e. The van der Waals surface area contributed by atoms with E-state index in [9.17, 15) is 14.4 Å². The summed E-state index contributed by atoms with van der Waals surface area (Å²) in [4.78, 5) is 41.3. The number of hydrogen-bond donors (Lipinski definition) is 0. The normalized spacial score (nSPS) is 23.5. The Morgan fingerprint density at radius 3 is 1.68 bits per heavy atom. The maximum atomic E-state index is 13.6. The smallest absolute Gasteiger partial charge is 0.312 e. The quantitative estimate of drug-likeness (QED) is 0.256. The van der Waals surface area contributed by atoms with E-state index in [2.05, 4.69) is 45.0 Å². The van der Waals surface area contributed by atoms with Crippen molar-refractivity contribution in [2.45, 2.75) is 50.9 Å². The Bertz CT molecular complexity index is 1290. The summed E-state index contributed by atoms with van der Waals surface area (Å²) in [7, 11) is 0. The van der Waals surface area contributed by atoms with Crippen molar-refractivity contribution in [2.75, 3.05) is 6.54 Å². The summed E-state index contributed by atoms with van der Waals surface area (Å²) >= 11 is 0. The fraction of sp³-hybridized carbons (Fsp3) is 0.344. The van der Waals surface area contributed by atoms with Crippen LogP contribution in [0, 0.1) is 11.8 Å². The third-order valence-electron chi connectivity index (χ3n) is 8.83. The highest BCUT2D eigenvalue weighted by atomic mass is 16.5.